The maximum Gasteiger partial charge on any atom is 0.418 e. The van der Waals surface area contributed by atoms with Gasteiger partial charge >= 0.3 is 6.18 Å². The van der Waals surface area contributed by atoms with Gasteiger partial charge in [0.25, 0.3) is 0 Å². The van der Waals surface area contributed by atoms with Gasteiger partial charge in [0.05, 0.1) is 31.9 Å². The van der Waals surface area contributed by atoms with Gasteiger partial charge in [0.2, 0.25) is 5.75 Å². The van der Waals surface area contributed by atoms with Gasteiger partial charge in [-0.25, -0.2) is 0 Å². The zero-order valence-electron chi connectivity index (χ0n) is 14.4. The Morgan fingerprint density at radius 2 is 1.65 bits per heavy atom. The molecule has 2 aromatic rings. The molecule has 1 aromatic heterocycles. The lowest BCUT2D eigenvalue weighted by atomic mass is 9.93. The summed E-state index contributed by atoms with van der Waals surface area (Å²) in [4.78, 5) is 3.47. The van der Waals surface area contributed by atoms with Crippen molar-refractivity contribution in [3.8, 4) is 17.2 Å². The first-order chi connectivity index (χ1) is 12.2. The first-order valence-electron chi connectivity index (χ1n) is 7.35. The zero-order valence-corrected chi connectivity index (χ0v) is 15.2. The van der Waals surface area contributed by atoms with Crippen molar-refractivity contribution in [3.63, 3.8) is 0 Å². The van der Waals surface area contributed by atoms with Crippen molar-refractivity contribution in [1.82, 2.24) is 4.98 Å². The van der Waals surface area contributed by atoms with Crippen LogP contribution in [0.3, 0.4) is 0 Å². The maximum absolute atomic E-state index is 13.4. The third kappa shape index (κ3) is 3.52. The molecule has 0 aliphatic carbocycles. The van der Waals surface area contributed by atoms with E-state index in [0.29, 0.717) is 17.5 Å². The van der Waals surface area contributed by atoms with E-state index in [4.69, 9.17) is 25.8 Å². The van der Waals surface area contributed by atoms with Crippen LogP contribution in [-0.2, 0) is 6.18 Å². The molecule has 1 aromatic carbocycles. The molecule has 0 aliphatic heterocycles. The summed E-state index contributed by atoms with van der Waals surface area (Å²) in [5.74, 6) is 0.515. The molecule has 0 fully saturated rings. The fourth-order valence-electron chi connectivity index (χ4n) is 2.73. The molecule has 0 amide bonds. The highest BCUT2D eigenvalue weighted by atomic mass is 35.5. The van der Waals surface area contributed by atoms with Gasteiger partial charge in [-0.05, 0) is 18.6 Å². The molecule has 142 valence electrons. The minimum atomic E-state index is -4.74. The van der Waals surface area contributed by atoms with Crippen LogP contribution >= 0.6 is 11.6 Å². The molecule has 1 unspecified atom stereocenters. The Labute approximate surface area is 153 Å². The van der Waals surface area contributed by atoms with Crippen molar-refractivity contribution < 1.29 is 32.5 Å². The molecule has 5 nitrogen and oxygen atoms in total. The van der Waals surface area contributed by atoms with E-state index in [1.54, 1.807) is 6.92 Å². The number of pyridine rings is 1. The molecule has 0 saturated heterocycles. The smallest absolute Gasteiger partial charge is 0.418 e. The summed E-state index contributed by atoms with van der Waals surface area (Å²) in [6.45, 7) is 1.60. The summed E-state index contributed by atoms with van der Waals surface area (Å²) in [5.41, 5.74) is -1.12. The number of alkyl halides is 3. The fraction of sp³-hybridized carbons (Fsp3) is 0.353. The Hall–Kier alpha value is -2.19. The van der Waals surface area contributed by atoms with E-state index in [9.17, 15) is 18.3 Å². The number of hydrogen-bond acceptors (Lipinski definition) is 5. The van der Waals surface area contributed by atoms with Crippen molar-refractivity contribution >= 4 is 11.6 Å². The Morgan fingerprint density at radius 3 is 2.15 bits per heavy atom. The highest BCUT2D eigenvalue weighted by Crippen LogP contribution is 2.48. The van der Waals surface area contributed by atoms with Crippen LogP contribution in [0.2, 0.25) is 5.02 Å². The Kier molecular flexibility index (Phi) is 5.87. The molecule has 2 rings (SSSR count). The second kappa shape index (κ2) is 7.59. The summed E-state index contributed by atoms with van der Waals surface area (Å²) in [7, 11) is 4.08. The average molecular weight is 392 g/mol. The molecule has 0 bridgehead atoms. The number of benzene rings is 1. The third-order valence-corrected chi connectivity index (χ3v) is 4.17. The fourth-order valence-corrected chi connectivity index (χ4v) is 3.00. The summed E-state index contributed by atoms with van der Waals surface area (Å²) in [6, 6.07) is 1.53. The lowest BCUT2D eigenvalue weighted by Crippen LogP contribution is -2.15. The first kappa shape index (κ1) is 20.1. The first-order valence-corrected chi connectivity index (χ1v) is 7.73. The van der Waals surface area contributed by atoms with Crippen LogP contribution in [0.15, 0.2) is 18.5 Å². The van der Waals surface area contributed by atoms with Gasteiger partial charge in [-0.1, -0.05) is 11.6 Å². The SMILES string of the molecule is COc1cc(C)c(C(O)c2c(Cl)cncc2C(F)(F)F)c(OC)c1OC. The lowest BCUT2D eigenvalue weighted by molar-refractivity contribution is -0.139. The number of ether oxygens (including phenoxy) is 3. The summed E-state index contributed by atoms with van der Waals surface area (Å²) in [5, 5.41) is 10.5. The molecular formula is C17H17ClF3NO4. The van der Waals surface area contributed by atoms with Crippen molar-refractivity contribution in [2.45, 2.75) is 19.2 Å². The molecular weight excluding hydrogens is 375 g/mol. The molecule has 1 N–H and O–H groups in total. The number of halogens is 4. The zero-order chi connectivity index (χ0) is 19.6. The molecule has 0 aliphatic rings. The van der Waals surface area contributed by atoms with E-state index in [1.807, 2.05) is 0 Å². The number of methoxy groups -OCH3 is 3. The molecule has 1 heterocycles. The van der Waals surface area contributed by atoms with E-state index >= 15 is 0 Å². The van der Waals surface area contributed by atoms with Crippen LogP contribution in [0.4, 0.5) is 13.2 Å². The molecule has 26 heavy (non-hydrogen) atoms. The largest absolute Gasteiger partial charge is 0.493 e. The minimum Gasteiger partial charge on any atom is -0.493 e. The van der Waals surface area contributed by atoms with E-state index in [-0.39, 0.29) is 22.1 Å². The van der Waals surface area contributed by atoms with Gasteiger partial charge in [0.1, 0.15) is 6.10 Å². The van der Waals surface area contributed by atoms with Crippen LogP contribution in [-0.4, -0.2) is 31.4 Å². The van der Waals surface area contributed by atoms with Gasteiger partial charge in [0.15, 0.2) is 11.5 Å². The average Bonchev–Trinajstić information content (AvgIpc) is 2.58. The summed E-state index contributed by atoms with van der Waals surface area (Å²) >= 11 is 5.94. The second-order valence-electron chi connectivity index (χ2n) is 5.36. The number of aromatic nitrogens is 1. The number of aryl methyl sites for hydroxylation is 1. The number of nitrogens with zero attached hydrogens (tertiary/aromatic N) is 1. The summed E-state index contributed by atoms with van der Waals surface area (Å²) in [6.07, 6.45) is -4.81. The van der Waals surface area contributed by atoms with Gasteiger partial charge in [0, 0.05) is 23.5 Å². The van der Waals surface area contributed by atoms with Crippen molar-refractivity contribution in [3.05, 3.63) is 45.7 Å². The van der Waals surface area contributed by atoms with E-state index in [0.717, 1.165) is 6.20 Å². The van der Waals surface area contributed by atoms with Gasteiger partial charge in [-0.3, -0.25) is 4.98 Å². The number of hydrogen-bond donors (Lipinski definition) is 1. The second-order valence-corrected chi connectivity index (χ2v) is 5.77. The van der Waals surface area contributed by atoms with Crippen LogP contribution in [0.1, 0.15) is 28.4 Å². The predicted molar refractivity (Wildman–Crippen MR) is 89.1 cm³/mol. The van der Waals surface area contributed by atoms with E-state index < -0.39 is 23.4 Å². The van der Waals surface area contributed by atoms with Crippen LogP contribution in [0.5, 0.6) is 17.2 Å². The number of rotatable bonds is 5. The molecule has 9 heteroatoms. The van der Waals surface area contributed by atoms with Crippen molar-refractivity contribution in [1.29, 1.82) is 0 Å². The van der Waals surface area contributed by atoms with Gasteiger partial charge in [-0.2, -0.15) is 13.2 Å². The monoisotopic (exact) mass is 391 g/mol. The normalized spacial score (nSPS) is 12.7. The number of aliphatic hydroxyl groups is 1. The number of aliphatic hydroxyl groups excluding tert-OH is 1. The molecule has 0 saturated carbocycles. The van der Waals surface area contributed by atoms with E-state index in [1.165, 1.54) is 27.4 Å². The topological polar surface area (TPSA) is 60.8 Å². The van der Waals surface area contributed by atoms with E-state index in [2.05, 4.69) is 4.98 Å². The van der Waals surface area contributed by atoms with Gasteiger partial charge < -0.3 is 19.3 Å². The Morgan fingerprint density at radius 1 is 1.04 bits per heavy atom. The van der Waals surface area contributed by atoms with Crippen molar-refractivity contribution in [2.24, 2.45) is 0 Å². The van der Waals surface area contributed by atoms with Gasteiger partial charge in [-0.15, -0.1) is 0 Å². The van der Waals surface area contributed by atoms with Crippen molar-refractivity contribution in [2.75, 3.05) is 21.3 Å². The molecule has 0 radical (unpaired) electrons. The highest BCUT2D eigenvalue weighted by Gasteiger charge is 2.38. The van der Waals surface area contributed by atoms with Crippen LogP contribution in [0, 0.1) is 6.92 Å². The third-order valence-electron chi connectivity index (χ3n) is 3.87. The van der Waals surface area contributed by atoms with Crippen LogP contribution < -0.4 is 14.2 Å². The molecule has 1 atom stereocenters. The minimum absolute atomic E-state index is 0.0536. The van der Waals surface area contributed by atoms with Crippen LogP contribution in [0.25, 0.3) is 0 Å². The molecule has 0 spiro atoms. The quantitative estimate of drug-likeness (QED) is 0.829. The standard InChI is InChI=1S/C17H17ClF3NO4/c1-8-5-11(24-2)15(25-3)16(26-4)12(8)14(23)13-9(17(19,20)21)6-22-7-10(13)18/h5-7,14,23H,1-4H3. The summed E-state index contributed by atoms with van der Waals surface area (Å²) < 4.78 is 55.8. The lowest BCUT2D eigenvalue weighted by Gasteiger charge is -2.24. The Bertz CT molecular complexity index is 812. The Balaban J connectivity index is 2.79. The highest BCUT2D eigenvalue weighted by molar-refractivity contribution is 6.31. The maximum atomic E-state index is 13.4. The predicted octanol–water partition coefficient (Wildman–Crippen LogP) is 4.17.